The van der Waals surface area contributed by atoms with E-state index >= 15 is 0 Å². The molecule has 74 heavy (non-hydrogen) atoms. The van der Waals surface area contributed by atoms with Crippen LogP contribution in [0.15, 0.2) is 24.3 Å². The summed E-state index contributed by atoms with van der Waals surface area (Å²) in [5.41, 5.74) is 0. The van der Waals surface area contributed by atoms with E-state index < -0.39 is 6.10 Å². The second-order valence-corrected chi connectivity index (χ2v) is 22.7. The van der Waals surface area contributed by atoms with Crippen molar-refractivity contribution in [2.24, 2.45) is 0 Å². The number of carbonyl (C=O) groups excluding carboxylic acids is 3. The van der Waals surface area contributed by atoms with Crippen molar-refractivity contribution in [1.82, 2.24) is 0 Å². The Morgan fingerprint density at radius 3 is 0.770 bits per heavy atom. The van der Waals surface area contributed by atoms with E-state index in [1.165, 1.54) is 263 Å². The monoisotopic (exact) mass is 1040 g/mol. The molecule has 0 rings (SSSR count). The van der Waals surface area contributed by atoms with Crippen LogP contribution in [0.5, 0.6) is 0 Å². The van der Waals surface area contributed by atoms with E-state index in [1.807, 2.05) is 0 Å². The lowest BCUT2D eigenvalue weighted by atomic mass is 10.0. The standard InChI is InChI=1S/C68H128O6/c1-4-7-10-13-16-19-22-25-28-31-33-35-37-40-43-46-49-52-55-58-61-67(70)73-64-65(63-72-66(69)60-57-54-51-48-45-42-39-36-30-27-24-21-18-15-12-9-6-3)74-68(71)62-59-56-53-50-47-44-41-38-34-32-29-26-23-20-17-14-11-8-5-2/h18,21,27,30,65H,4-17,19-20,22-26,28-29,31-64H2,1-3H3/b21-18-,30-27-. The van der Waals surface area contributed by atoms with Crippen molar-refractivity contribution in [3.63, 3.8) is 0 Å². The number of ether oxygens (including phenoxy) is 3. The van der Waals surface area contributed by atoms with Crippen LogP contribution in [0.2, 0.25) is 0 Å². The molecule has 1 unspecified atom stereocenters. The zero-order chi connectivity index (χ0) is 53.6. The van der Waals surface area contributed by atoms with Crippen molar-refractivity contribution in [1.29, 1.82) is 0 Å². The Kier molecular flexibility index (Phi) is 61.6. The van der Waals surface area contributed by atoms with E-state index in [2.05, 4.69) is 45.1 Å². The maximum Gasteiger partial charge on any atom is 0.306 e. The predicted octanol–water partition coefficient (Wildman–Crippen LogP) is 22.6. The second kappa shape index (κ2) is 63.4. The Labute approximate surface area is 462 Å². The maximum absolute atomic E-state index is 12.9. The van der Waals surface area contributed by atoms with Crippen LogP contribution in [0.4, 0.5) is 0 Å². The largest absolute Gasteiger partial charge is 0.462 e. The molecule has 436 valence electrons. The molecule has 0 radical (unpaired) electrons. The maximum atomic E-state index is 12.9. The third-order valence-corrected chi connectivity index (χ3v) is 15.2. The van der Waals surface area contributed by atoms with Gasteiger partial charge >= 0.3 is 17.9 Å². The van der Waals surface area contributed by atoms with E-state index in [1.54, 1.807) is 0 Å². The fourth-order valence-corrected chi connectivity index (χ4v) is 10.2. The quantitative estimate of drug-likeness (QED) is 0.0261. The van der Waals surface area contributed by atoms with Gasteiger partial charge in [-0.3, -0.25) is 14.4 Å². The van der Waals surface area contributed by atoms with Gasteiger partial charge in [-0.1, -0.05) is 328 Å². The number of carbonyl (C=O) groups is 3. The van der Waals surface area contributed by atoms with E-state index in [4.69, 9.17) is 14.2 Å². The summed E-state index contributed by atoms with van der Waals surface area (Å²) < 4.78 is 17.0. The summed E-state index contributed by atoms with van der Waals surface area (Å²) in [6, 6.07) is 0. The Hall–Kier alpha value is -2.11. The molecule has 0 aromatic carbocycles. The molecule has 0 aliphatic heterocycles. The zero-order valence-electron chi connectivity index (χ0n) is 50.1. The number of esters is 3. The highest BCUT2D eigenvalue weighted by molar-refractivity contribution is 5.71. The molecular weight excluding hydrogens is 913 g/mol. The summed E-state index contributed by atoms with van der Waals surface area (Å²) in [5, 5.41) is 0. The van der Waals surface area contributed by atoms with Gasteiger partial charge in [0.15, 0.2) is 6.10 Å². The fraction of sp³-hybridized carbons (Fsp3) is 0.897. The molecule has 0 saturated carbocycles. The van der Waals surface area contributed by atoms with Gasteiger partial charge in [-0.15, -0.1) is 0 Å². The van der Waals surface area contributed by atoms with E-state index in [0.29, 0.717) is 19.3 Å². The van der Waals surface area contributed by atoms with Gasteiger partial charge in [0.1, 0.15) is 13.2 Å². The van der Waals surface area contributed by atoms with Gasteiger partial charge < -0.3 is 14.2 Å². The first-order chi connectivity index (χ1) is 36.5. The lowest BCUT2D eigenvalue weighted by Crippen LogP contribution is -2.30. The van der Waals surface area contributed by atoms with Gasteiger partial charge in [-0.05, 0) is 51.4 Å². The number of rotatable bonds is 62. The van der Waals surface area contributed by atoms with Crippen LogP contribution in [0.3, 0.4) is 0 Å². The number of allylic oxidation sites excluding steroid dienone is 4. The first-order valence-corrected chi connectivity index (χ1v) is 33.3. The molecular formula is C68H128O6. The lowest BCUT2D eigenvalue weighted by Gasteiger charge is -2.18. The molecule has 0 aromatic rings. The normalized spacial score (nSPS) is 12.1. The molecule has 0 aliphatic carbocycles. The Bertz CT molecular complexity index is 1190. The molecule has 0 aliphatic rings. The van der Waals surface area contributed by atoms with Crippen LogP contribution in [0.25, 0.3) is 0 Å². The Balaban J connectivity index is 4.31. The first-order valence-electron chi connectivity index (χ1n) is 33.3. The minimum absolute atomic E-state index is 0.0673. The minimum Gasteiger partial charge on any atom is -0.462 e. The van der Waals surface area contributed by atoms with Gasteiger partial charge in [0.2, 0.25) is 0 Å². The molecule has 0 fully saturated rings. The van der Waals surface area contributed by atoms with Crippen molar-refractivity contribution >= 4 is 17.9 Å². The predicted molar refractivity (Wildman–Crippen MR) is 321 cm³/mol. The Morgan fingerprint density at radius 1 is 0.270 bits per heavy atom. The summed E-state index contributed by atoms with van der Waals surface area (Å²) in [4.78, 5) is 38.4. The average molecular weight is 1040 g/mol. The van der Waals surface area contributed by atoms with Crippen molar-refractivity contribution in [3.8, 4) is 0 Å². The number of unbranched alkanes of at least 4 members (excludes halogenated alkanes) is 47. The lowest BCUT2D eigenvalue weighted by molar-refractivity contribution is -0.167. The van der Waals surface area contributed by atoms with Crippen molar-refractivity contribution in [2.45, 2.75) is 380 Å². The van der Waals surface area contributed by atoms with Crippen LogP contribution in [-0.4, -0.2) is 37.2 Å². The molecule has 0 aromatic heterocycles. The van der Waals surface area contributed by atoms with E-state index in [9.17, 15) is 14.4 Å². The van der Waals surface area contributed by atoms with Gasteiger partial charge in [-0.2, -0.15) is 0 Å². The van der Waals surface area contributed by atoms with Gasteiger partial charge in [0.05, 0.1) is 0 Å². The molecule has 6 nitrogen and oxygen atoms in total. The van der Waals surface area contributed by atoms with Crippen LogP contribution >= 0.6 is 0 Å². The number of hydrogen-bond acceptors (Lipinski definition) is 6. The molecule has 0 bridgehead atoms. The topological polar surface area (TPSA) is 78.9 Å². The van der Waals surface area contributed by atoms with Gasteiger partial charge in [-0.25, -0.2) is 0 Å². The minimum atomic E-state index is -0.771. The SMILES string of the molecule is CCCCC/C=C\C/C=C\CCCCCCCCCC(=O)OCC(COC(=O)CCCCCCCCCCCCCCCCCCCCCC)OC(=O)CCCCCCCCCCCCCCCCCCCCC. The Morgan fingerprint density at radius 2 is 0.486 bits per heavy atom. The summed E-state index contributed by atoms with van der Waals surface area (Å²) in [6.45, 7) is 6.69. The number of hydrogen-bond donors (Lipinski definition) is 0. The summed E-state index contributed by atoms with van der Waals surface area (Å²) in [6.07, 6.45) is 76.1. The van der Waals surface area contributed by atoms with Gasteiger partial charge in [0.25, 0.3) is 0 Å². The highest BCUT2D eigenvalue weighted by atomic mass is 16.6. The van der Waals surface area contributed by atoms with Crippen LogP contribution in [-0.2, 0) is 28.6 Å². The molecule has 0 N–H and O–H groups in total. The van der Waals surface area contributed by atoms with Crippen LogP contribution in [0.1, 0.15) is 374 Å². The molecule has 0 amide bonds. The van der Waals surface area contributed by atoms with E-state index in [0.717, 1.165) is 70.6 Å². The van der Waals surface area contributed by atoms with Crippen LogP contribution < -0.4 is 0 Å². The molecule has 6 heteroatoms. The van der Waals surface area contributed by atoms with Crippen molar-refractivity contribution < 1.29 is 28.6 Å². The molecule has 1 atom stereocenters. The molecule has 0 saturated heterocycles. The molecule has 0 heterocycles. The summed E-state index contributed by atoms with van der Waals surface area (Å²) >= 11 is 0. The molecule has 0 spiro atoms. The third-order valence-electron chi connectivity index (χ3n) is 15.2. The van der Waals surface area contributed by atoms with Gasteiger partial charge in [0, 0.05) is 19.3 Å². The average Bonchev–Trinajstić information content (AvgIpc) is 3.40. The highest BCUT2D eigenvalue weighted by Gasteiger charge is 2.19. The highest BCUT2D eigenvalue weighted by Crippen LogP contribution is 2.18. The smallest absolute Gasteiger partial charge is 0.306 e. The van der Waals surface area contributed by atoms with E-state index in [-0.39, 0.29) is 31.1 Å². The van der Waals surface area contributed by atoms with Crippen LogP contribution in [0, 0.1) is 0 Å². The first kappa shape index (κ1) is 71.9. The fourth-order valence-electron chi connectivity index (χ4n) is 10.2. The van der Waals surface area contributed by atoms with Crippen molar-refractivity contribution in [3.05, 3.63) is 24.3 Å². The summed E-state index contributed by atoms with van der Waals surface area (Å²) in [7, 11) is 0. The zero-order valence-corrected chi connectivity index (χ0v) is 50.1. The van der Waals surface area contributed by atoms with Crippen molar-refractivity contribution in [2.75, 3.05) is 13.2 Å². The summed E-state index contributed by atoms with van der Waals surface area (Å²) in [5.74, 6) is -0.844. The third kappa shape index (κ3) is 60.8. The second-order valence-electron chi connectivity index (χ2n) is 22.7.